The zero-order valence-corrected chi connectivity index (χ0v) is 17.2. The third-order valence-electron chi connectivity index (χ3n) is 4.81. The Kier molecular flexibility index (Phi) is 5.26. The summed E-state index contributed by atoms with van der Waals surface area (Å²) in [4.78, 5) is 18.6. The number of phenols is 1. The Balaban J connectivity index is 1.90. The summed E-state index contributed by atoms with van der Waals surface area (Å²) in [5.41, 5.74) is 1.05. The minimum atomic E-state index is -2.65. The number of fused-ring (bicyclic) bond motifs is 2. The van der Waals surface area contributed by atoms with Crippen molar-refractivity contribution in [2.45, 2.75) is 13.1 Å². The van der Waals surface area contributed by atoms with Crippen LogP contribution in [0.15, 0.2) is 42.6 Å². The van der Waals surface area contributed by atoms with E-state index in [0.29, 0.717) is 10.9 Å². The van der Waals surface area contributed by atoms with E-state index in [1.54, 1.807) is 24.3 Å². The lowest BCUT2D eigenvalue weighted by Crippen LogP contribution is -2.28. The van der Waals surface area contributed by atoms with Gasteiger partial charge in [-0.2, -0.15) is 3.71 Å². The van der Waals surface area contributed by atoms with Crippen LogP contribution in [0.1, 0.15) is 21.5 Å². The number of hydrogen-bond acceptors (Lipinski definition) is 5. The third-order valence-corrected chi connectivity index (χ3v) is 6.93. The van der Waals surface area contributed by atoms with Crippen molar-refractivity contribution >= 4 is 44.7 Å². The molecule has 0 fully saturated rings. The molecule has 30 heavy (non-hydrogen) atoms. The van der Waals surface area contributed by atoms with Crippen LogP contribution >= 0.6 is 0 Å². The molecule has 2 N–H and O–H groups in total. The molecule has 2 atom stereocenters. The summed E-state index contributed by atoms with van der Waals surface area (Å²) in [7, 11) is -1.90. The van der Waals surface area contributed by atoms with Gasteiger partial charge in [0.25, 0.3) is 17.2 Å². The van der Waals surface area contributed by atoms with Gasteiger partial charge >= 0.3 is 0 Å². The molecule has 4 rings (SSSR count). The fraction of sp³-hybridized carbons (Fsp3) is 0.158. The van der Waals surface area contributed by atoms with Crippen molar-refractivity contribution < 1.29 is 27.3 Å². The van der Waals surface area contributed by atoms with Crippen LogP contribution in [-0.2, 0) is 35.3 Å². The predicted octanol–water partition coefficient (Wildman–Crippen LogP) is 2.47. The maximum atomic E-state index is 13.2. The van der Waals surface area contributed by atoms with Gasteiger partial charge in [0.1, 0.15) is 22.3 Å². The van der Waals surface area contributed by atoms with Crippen molar-refractivity contribution in [2.24, 2.45) is 0 Å². The lowest BCUT2D eigenvalue weighted by molar-refractivity contribution is 0.0764. The van der Waals surface area contributed by atoms with Gasteiger partial charge in [-0.3, -0.25) is 14.3 Å². The van der Waals surface area contributed by atoms with Gasteiger partial charge in [0.05, 0.1) is 11.3 Å². The molecule has 0 saturated carbocycles. The molecule has 1 amide bonds. The largest absolute Gasteiger partial charge is 0.505 e. The molecule has 3 aromatic rings. The molecule has 8 nitrogen and oxygen atoms in total. The van der Waals surface area contributed by atoms with E-state index >= 15 is 0 Å². The molecule has 0 aliphatic carbocycles. The lowest BCUT2D eigenvalue weighted by Gasteiger charge is -2.22. The molecular formula is C19H16FN3O5S2. The highest BCUT2D eigenvalue weighted by molar-refractivity contribution is 8.01. The fourth-order valence-corrected chi connectivity index (χ4v) is 5.12. The number of benzene rings is 2. The Bertz CT molecular complexity index is 1210. The van der Waals surface area contributed by atoms with Crippen LogP contribution in [0.4, 0.5) is 10.1 Å². The monoisotopic (exact) mass is 449 g/mol. The predicted molar refractivity (Wildman–Crippen MR) is 111 cm³/mol. The summed E-state index contributed by atoms with van der Waals surface area (Å²) in [6.45, 7) is 0.137. The number of aromatic hydroxyl groups is 1. The number of anilines is 1. The number of rotatable bonds is 5. The van der Waals surface area contributed by atoms with E-state index in [9.17, 15) is 27.3 Å². The van der Waals surface area contributed by atoms with Gasteiger partial charge < -0.3 is 10.0 Å². The van der Waals surface area contributed by atoms with Crippen molar-refractivity contribution in [3.8, 4) is 5.75 Å². The van der Waals surface area contributed by atoms with Crippen LogP contribution < -0.4 is 3.71 Å². The van der Waals surface area contributed by atoms with E-state index in [1.807, 2.05) is 0 Å². The van der Waals surface area contributed by atoms with E-state index in [4.69, 9.17) is 0 Å². The normalized spacial score (nSPS) is 15.3. The SMILES string of the molecule is CS(=O)N(c1c2c(c(O)c3ncccc13)C(=O)N(Cc1ccc(F)cc1)C2)S(=O)O. The maximum absolute atomic E-state index is 13.2. The minimum absolute atomic E-state index is 0.00414. The summed E-state index contributed by atoms with van der Waals surface area (Å²) in [5.74, 6) is -1.26. The quantitative estimate of drug-likeness (QED) is 0.579. The van der Waals surface area contributed by atoms with Crippen LogP contribution in [0.2, 0.25) is 0 Å². The Labute approximate surface area is 176 Å². The lowest BCUT2D eigenvalue weighted by atomic mass is 10.0. The molecule has 2 heterocycles. The molecule has 11 heteroatoms. The number of carbonyl (C=O) groups is 1. The van der Waals surface area contributed by atoms with Gasteiger partial charge in [0.2, 0.25) is 0 Å². The Morgan fingerprint density at radius 1 is 1.23 bits per heavy atom. The number of halogens is 1. The number of phenolic OH excluding ortho intramolecular Hbond substituents is 1. The highest BCUT2D eigenvalue weighted by atomic mass is 32.3. The number of nitrogens with zero attached hydrogens (tertiary/aromatic N) is 3. The average molecular weight is 449 g/mol. The van der Waals surface area contributed by atoms with Crippen LogP contribution in [0.25, 0.3) is 10.9 Å². The van der Waals surface area contributed by atoms with E-state index in [2.05, 4.69) is 4.98 Å². The first-order valence-corrected chi connectivity index (χ1v) is 11.3. The number of hydrogen-bond donors (Lipinski definition) is 2. The summed E-state index contributed by atoms with van der Waals surface area (Å²) in [6.07, 6.45) is 2.65. The van der Waals surface area contributed by atoms with Crippen molar-refractivity contribution in [3.05, 3.63) is 65.1 Å². The molecule has 1 aromatic heterocycles. The van der Waals surface area contributed by atoms with Crippen molar-refractivity contribution in [1.82, 2.24) is 9.88 Å². The fourth-order valence-electron chi connectivity index (χ4n) is 3.58. The molecule has 2 aromatic carbocycles. The van der Waals surface area contributed by atoms with Crippen LogP contribution in [0.3, 0.4) is 0 Å². The average Bonchev–Trinajstić information content (AvgIpc) is 3.02. The topological polar surface area (TPSA) is 111 Å². The Morgan fingerprint density at radius 3 is 2.57 bits per heavy atom. The van der Waals surface area contributed by atoms with Gasteiger partial charge in [0.15, 0.2) is 5.75 Å². The molecule has 2 unspecified atom stereocenters. The molecule has 1 aliphatic rings. The molecule has 0 saturated heterocycles. The number of pyridine rings is 1. The van der Waals surface area contributed by atoms with Crippen LogP contribution in [0.5, 0.6) is 5.75 Å². The maximum Gasteiger partial charge on any atom is 0.274 e. The minimum Gasteiger partial charge on any atom is -0.505 e. The summed E-state index contributed by atoms with van der Waals surface area (Å²) >= 11 is -2.65. The zero-order chi connectivity index (χ0) is 21.6. The molecule has 156 valence electrons. The second-order valence-electron chi connectivity index (χ2n) is 6.65. The number of amides is 1. The first-order valence-electron chi connectivity index (χ1n) is 8.70. The second-order valence-corrected chi connectivity index (χ2v) is 8.92. The van der Waals surface area contributed by atoms with Gasteiger partial charge in [-0.15, -0.1) is 0 Å². The number of carbonyl (C=O) groups excluding carboxylic acids is 1. The molecule has 0 spiro atoms. The van der Waals surface area contributed by atoms with Crippen molar-refractivity contribution in [1.29, 1.82) is 0 Å². The Morgan fingerprint density at radius 2 is 1.93 bits per heavy atom. The first-order chi connectivity index (χ1) is 14.3. The molecule has 0 radical (unpaired) electrons. The van der Waals surface area contributed by atoms with Crippen LogP contribution in [-0.4, -0.2) is 40.1 Å². The van der Waals surface area contributed by atoms with Gasteiger partial charge in [0, 0.05) is 36.5 Å². The van der Waals surface area contributed by atoms with E-state index in [-0.39, 0.29) is 41.2 Å². The summed E-state index contributed by atoms with van der Waals surface area (Å²) in [6, 6.07) is 8.78. The smallest absolute Gasteiger partial charge is 0.274 e. The van der Waals surface area contributed by atoms with Gasteiger partial charge in [-0.25, -0.2) is 12.8 Å². The highest BCUT2D eigenvalue weighted by Crippen LogP contribution is 2.44. The molecule has 1 aliphatic heterocycles. The van der Waals surface area contributed by atoms with Gasteiger partial charge in [-0.05, 0) is 29.8 Å². The second kappa shape index (κ2) is 7.74. The first kappa shape index (κ1) is 20.4. The molecular weight excluding hydrogens is 433 g/mol. The van der Waals surface area contributed by atoms with Gasteiger partial charge in [-0.1, -0.05) is 12.1 Å². The zero-order valence-electron chi connectivity index (χ0n) is 15.6. The van der Waals surface area contributed by atoms with Crippen LogP contribution in [0, 0.1) is 5.82 Å². The third kappa shape index (κ3) is 3.34. The molecule has 0 bridgehead atoms. The summed E-state index contributed by atoms with van der Waals surface area (Å²) < 4.78 is 48.0. The van der Waals surface area contributed by atoms with E-state index < -0.39 is 34.0 Å². The van der Waals surface area contributed by atoms with Crippen molar-refractivity contribution in [3.63, 3.8) is 0 Å². The van der Waals surface area contributed by atoms with E-state index in [0.717, 1.165) is 3.71 Å². The summed E-state index contributed by atoms with van der Waals surface area (Å²) in [5, 5.41) is 11.0. The number of aromatic nitrogens is 1. The van der Waals surface area contributed by atoms with Crippen molar-refractivity contribution in [2.75, 3.05) is 9.97 Å². The van der Waals surface area contributed by atoms with E-state index in [1.165, 1.54) is 29.5 Å². The Hall–Kier alpha value is -2.89. The highest BCUT2D eigenvalue weighted by Gasteiger charge is 2.38. The standard InChI is InChI=1S/C19H16FN3O5S2/c1-29(26)23(30(27)28)17-13-3-2-8-21-16(13)18(24)15-14(17)10-22(19(15)25)9-11-4-6-12(20)7-5-11/h2-8,24H,9-10H2,1H3,(H,27,28).